The molecule has 144 valence electrons. The third kappa shape index (κ3) is 3.85. The Morgan fingerprint density at radius 3 is 2.44 bits per heavy atom. The summed E-state index contributed by atoms with van der Waals surface area (Å²) in [6, 6.07) is 8.30. The quantitative estimate of drug-likeness (QED) is 0.482. The Labute approximate surface area is 161 Å². The molecular formula is C21H22ClF3N2. The van der Waals surface area contributed by atoms with E-state index in [1.54, 1.807) is 0 Å². The van der Waals surface area contributed by atoms with Crippen molar-refractivity contribution in [3.05, 3.63) is 57.6 Å². The SMILES string of the molecule is Cc1ccc(-c2[nH]c3c(C(F)(F)F)ccc(Cl)c3c2CCCCN)c(C)c1. The van der Waals surface area contributed by atoms with Crippen molar-refractivity contribution in [3.8, 4) is 11.3 Å². The minimum Gasteiger partial charge on any atom is -0.354 e. The molecule has 0 aliphatic rings. The van der Waals surface area contributed by atoms with Gasteiger partial charge < -0.3 is 10.7 Å². The summed E-state index contributed by atoms with van der Waals surface area (Å²) in [4.78, 5) is 3.05. The van der Waals surface area contributed by atoms with Gasteiger partial charge in [-0.05, 0) is 62.9 Å². The van der Waals surface area contributed by atoms with Crippen molar-refractivity contribution in [2.45, 2.75) is 39.3 Å². The number of alkyl halides is 3. The lowest BCUT2D eigenvalue weighted by atomic mass is 9.96. The maximum Gasteiger partial charge on any atom is 0.418 e. The number of benzene rings is 2. The maximum atomic E-state index is 13.6. The highest BCUT2D eigenvalue weighted by Crippen LogP contribution is 2.42. The molecule has 0 unspecified atom stereocenters. The van der Waals surface area contributed by atoms with Crippen LogP contribution in [0.25, 0.3) is 22.2 Å². The molecule has 0 aliphatic carbocycles. The molecule has 0 spiro atoms. The van der Waals surface area contributed by atoms with E-state index in [9.17, 15) is 13.2 Å². The molecule has 1 aromatic heterocycles. The lowest BCUT2D eigenvalue weighted by molar-refractivity contribution is -0.136. The molecule has 0 radical (unpaired) electrons. The number of rotatable bonds is 5. The van der Waals surface area contributed by atoms with Crippen LogP contribution in [0.1, 0.15) is 35.1 Å². The lowest BCUT2D eigenvalue weighted by Gasteiger charge is -2.10. The average Bonchev–Trinajstić information content (AvgIpc) is 2.94. The summed E-state index contributed by atoms with van der Waals surface area (Å²) in [6.07, 6.45) is -2.26. The number of unbranched alkanes of at least 4 members (excludes halogenated alkanes) is 1. The summed E-state index contributed by atoms with van der Waals surface area (Å²) < 4.78 is 40.7. The molecule has 2 aromatic carbocycles. The zero-order chi connectivity index (χ0) is 19.8. The number of hydrogen-bond donors (Lipinski definition) is 2. The van der Waals surface area contributed by atoms with E-state index in [0.717, 1.165) is 41.2 Å². The Balaban J connectivity index is 2.31. The number of aryl methyl sites for hydroxylation is 3. The van der Waals surface area contributed by atoms with Crippen LogP contribution in [-0.2, 0) is 12.6 Å². The van der Waals surface area contributed by atoms with Crippen molar-refractivity contribution in [1.82, 2.24) is 4.98 Å². The Kier molecular flexibility index (Phi) is 5.54. The van der Waals surface area contributed by atoms with Gasteiger partial charge in [0.15, 0.2) is 0 Å². The van der Waals surface area contributed by atoms with Gasteiger partial charge >= 0.3 is 6.18 Å². The van der Waals surface area contributed by atoms with Crippen molar-refractivity contribution in [1.29, 1.82) is 0 Å². The molecule has 1 heterocycles. The first-order chi connectivity index (χ1) is 12.7. The smallest absolute Gasteiger partial charge is 0.354 e. The molecule has 6 heteroatoms. The third-order valence-electron chi connectivity index (χ3n) is 4.85. The number of aromatic nitrogens is 1. The minimum atomic E-state index is -4.46. The van der Waals surface area contributed by atoms with E-state index in [2.05, 4.69) is 4.98 Å². The average molecular weight is 395 g/mol. The molecule has 0 bridgehead atoms. The van der Waals surface area contributed by atoms with E-state index in [-0.39, 0.29) is 5.52 Å². The molecule has 3 N–H and O–H groups in total. The molecule has 0 amide bonds. The van der Waals surface area contributed by atoms with Gasteiger partial charge in [0.1, 0.15) is 0 Å². The van der Waals surface area contributed by atoms with Gasteiger partial charge in [0.25, 0.3) is 0 Å². The van der Waals surface area contributed by atoms with E-state index in [0.29, 0.717) is 29.1 Å². The van der Waals surface area contributed by atoms with Gasteiger partial charge in [0.05, 0.1) is 21.8 Å². The summed E-state index contributed by atoms with van der Waals surface area (Å²) in [5.41, 5.74) is 9.48. The minimum absolute atomic E-state index is 0.0488. The molecular weight excluding hydrogens is 373 g/mol. The second kappa shape index (κ2) is 7.56. The summed E-state index contributed by atoms with van der Waals surface area (Å²) in [6.45, 7) is 4.50. The zero-order valence-corrected chi connectivity index (χ0v) is 16.1. The van der Waals surface area contributed by atoms with Gasteiger partial charge in [0, 0.05) is 10.9 Å². The topological polar surface area (TPSA) is 41.8 Å². The fourth-order valence-electron chi connectivity index (χ4n) is 3.58. The van der Waals surface area contributed by atoms with Gasteiger partial charge in [-0.1, -0.05) is 35.4 Å². The number of hydrogen-bond acceptors (Lipinski definition) is 1. The molecule has 0 atom stereocenters. The monoisotopic (exact) mass is 394 g/mol. The molecule has 0 aliphatic heterocycles. The molecule has 0 fully saturated rings. The zero-order valence-electron chi connectivity index (χ0n) is 15.3. The first-order valence-electron chi connectivity index (χ1n) is 8.92. The van der Waals surface area contributed by atoms with Crippen LogP contribution >= 0.6 is 11.6 Å². The van der Waals surface area contributed by atoms with E-state index in [1.165, 1.54) is 6.07 Å². The van der Waals surface area contributed by atoms with Crippen LogP contribution in [0.2, 0.25) is 5.02 Å². The number of aromatic amines is 1. The van der Waals surface area contributed by atoms with Crippen molar-refractivity contribution in [3.63, 3.8) is 0 Å². The largest absolute Gasteiger partial charge is 0.418 e. The van der Waals surface area contributed by atoms with Crippen LogP contribution in [-0.4, -0.2) is 11.5 Å². The molecule has 0 saturated carbocycles. The molecule has 3 aromatic rings. The predicted molar refractivity (Wildman–Crippen MR) is 105 cm³/mol. The van der Waals surface area contributed by atoms with Crippen molar-refractivity contribution in [2.75, 3.05) is 6.54 Å². The van der Waals surface area contributed by atoms with Crippen molar-refractivity contribution in [2.24, 2.45) is 5.73 Å². The molecule has 2 nitrogen and oxygen atoms in total. The first kappa shape index (κ1) is 19.8. The number of halogens is 4. The second-order valence-corrected chi connectivity index (χ2v) is 7.29. The second-order valence-electron chi connectivity index (χ2n) is 6.89. The summed E-state index contributed by atoms with van der Waals surface area (Å²) in [5, 5.41) is 0.784. The van der Waals surface area contributed by atoms with Crippen LogP contribution in [0.4, 0.5) is 13.2 Å². The Morgan fingerprint density at radius 1 is 1.07 bits per heavy atom. The highest BCUT2D eigenvalue weighted by molar-refractivity contribution is 6.36. The van der Waals surface area contributed by atoms with Crippen LogP contribution in [0, 0.1) is 13.8 Å². The lowest BCUT2D eigenvalue weighted by Crippen LogP contribution is -2.05. The standard InChI is InChI=1S/C21H22ClF3N2/c1-12-6-7-14(13(2)11-12)19-15(5-3-4-10-26)18-17(22)9-8-16(20(18)27-19)21(23,24)25/h6-9,11,27H,3-5,10,26H2,1-2H3. The third-order valence-corrected chi connectivity index (χ3v) is 5.16. The fraction of sp³-hybridized carbons (Fsp3) is 0.333. The maximum absolute atomic E-state index is 13.6. The molecule has 3 rings (SSSR count). The van der Waals surface area contributed by atoms with Gasteiger partial charge in [-0.15, -0.1) is 0 Å². The first-order valence-corrected chi connectivity index (χ1v) is 9.29. The highest BCUT2D eigenvalue weighted by atomic mass is 35.5. The van der Waals surface area contributed by atoms with Gasteiger partial charge in [-0.2, -0.15) is 13.2 Å². The van der Waals surface area contributed by atoms with Crippen molar-refractivity contribution < 1.29 is 13.2 Å². The summed E-state index contributed by atoms with van der Waals surface area (Å²) >= 11 is 6.35. The van der Waals surface area contributed by atoms with Gasteiger partial charge in [-0.25, -0.2) is 0 Å². The summed E-state index contributed by atoms with van der Waals surface area (Å²) in [5.74, 6) is 0. The Bertz CT molecular complexity index is 974. The fourth-order valence-corrected chi connectivity index (χ4v) is 3.86. The van der Waals surface area contributed by atoms with Crippen LogP contribution < -0.4 is 5.73 Å². The van der Waals surface area contributed by atoms with Crippen LogP contribution in [0.15, 0.2) is 30.3 Å². The highest BCUT2D eigenvalue weighted by Gasteiger charge is 2.34. The molecule has 0 saturated heterocycles. The number of nitrogens with two attached hydrogens (primary N) is 1. The normalized spacial score (nSPS) is 12.1. The predicted octanol–water partition coefficient (Wildman–Crippen LogP) is 6.41. The molecule has 27 heavy (non-hydrogen) atoms. The number of fused-ring (bicyclic) bond motifs is 1. The van der Waals surface area contributed by atoms with Crippen LogP contribution in [0.3, 0.4) is 0 Å². The Morgan fingerprint density at radius 2 is 1.81 bits per heavy atom. The summed E-state index contributed by atoms with van der Waals surface area (Å²) in [7, 11) is 0. The van der Waals surface area contributed by atoms with Crippen molar-refractivity contribution >= 4 is 22.5 Å². The van der Waals surface area contributed by atoms with Crippen LogP contribution in [0.5, 0.6) is 0 Å². The van der Waals surface area contributed by atoms with E-state index >= 15 is 0 Å². The number of H-pyrrole nitrogens is 1. The van der Waals surface area contributed by atoms with Gasteiger partial charge in [0.2, 0.25) is 0 Å². The van der Waals surface area contributed by atoms with E-state index in [4.69, 9.17) is 17.3 Å². The Hall–Kier alpha value is -1.98. The van der Waals surface area contributed by atoms with E-state index < -0.39 is 11.7 Å². The van der Waals surface area contributed by atoms with E-state index in [1.807, 2.05) is 32.0 Å². The number of nitrogens with one attached hydrogen (secondary N) is 1. The van der Waals surface area contributed by atoms with Gasteiger partial charge in [-0.3, -0.25) is 0 Å².